The van der Waals surface area contributed by atoms with Crippen LogP contribution in [-0.2, 0) is 4.74 Å². The van der Waals surface area contributed by atoms with Crippen molar-refractivity contribution in [2.45, 2.75) is 32.7 Å². The van der Waals surface area contributed by atoms with Crippen molar-refractivity contribution in [1.82, 2.24) is 10.2 Å². The van der Waals surface area contributed by atoms with Crippen molar-refractivity contribution in [3.63, 3.8) is 0 Å². The number of allylic oxidation sites excluding steroid dienone is 3. The molecule has 0 aromatic heterocycles. The maximum atomic E-state index is 5.88. The zero-order valence-electron chi connectivity index (χ0n) is 12.6. The SMILES string of the molecule is C[C@@H]1C=C(OCCN(C)C2CCNCC2)C=C[C@@H]1C. The van der Waals surface area contributed by atoms with Crippen molar-refractivity contribution in [3.05, 3.63) is 24.0 Å². The van der Waals surface area contributed by atoms with Gasteiger partial charge in [-0.25, -0.2) is 0 Å². The predicted molar refractivity (Wildman–Crippen MR) is 80.0 cm³/mol. The van der Waals surface area contributed by atoms with Gasteiger partial charge in [0.15, 0.2) is 0 Å². The molecule has 0 spiro atoms. The van der Waals surface area contributed by atoms with Crippen LogP contribution in [0.15, 0.2) is 24.0 Å². The second kappa shape index (κ2) is 7.11. The molecule has 1 saturated heterocycles. The number of piperidine rings is 1. The Bertz CT molecular complexity index is 332. The Morgan fingerprint density at radius 1 is 1.26 bits per heavy atom. The summed E-state index contributed by atoms with van der Waals surface area (Å²) < 4.78 is 5.88. The van der Waals surface area contributed by atoms with Gasteiger partial charge in [-0.2, -0.15) is 0 Å². The standard InChI is InChI=1S/C16H28N2O/c1-13-4-5-16(12-14(13)2)19-11-10-18(3)15-6-8-17-9-7-15/h4-5,12-15,17H,6-11H2,1-3H3/t13-,14+/m0/s1. The fraction of sp³-hybridized carbons (Fsp3) is 0.750. The summed E-state index contributed by atoms with van der Waals surface area (Å²) in [5.74, 6) is 2.26. The number of hydrogen-bond acceptors (Lipinski definition) is 3. The highest BCUT2D eigenvalue weighted by Gasteiger charge is 2.17. The van der Waals surface area contributed by atoms with E-state index in [4.69, 9.17) is 4.74 Å². The Labute approximate surface area is 117 Å². The monoisotopic (exact) mass is 264 g/mol. The molecule has 1 fully saturated rings. The number of likely N-dealkylation sites (N-methyl/N-ethyl adjacent to an activating group) is 1. The third-order valence-corrected chi connectivity index (χ3v) is 4.47. The number of ether oxygens (including phenoxy) is 1. The van der Waals surface area contributed by atoms with E-state index in [1.807, 2.05) is 0 Å². The molecule has 2 rings (SSSR count). The van der Waals surface area contributed by atoms with E-state index in [9.17, 15) is 0 Å². The van der Waals surface area contributed by atoms with Gasteiger partial charge < -0.3 is 10.1 Å². The van der Waals surface area contributed by atoms with E-state index < -0.39 is 0 Å². The summed E-state index contributed by atoms with van der Waals surface area (Å²) in [6, 6.07) is 0.722. The summed E-state index contributed by atoms with van der Waals surface area (Å²) in [4.78, 5) is 2.44. The topological polar surface area (TPSA) is 24.5 Å². The van der Waals surface area contributed by atoms with Crippen molar-refractivity contribution in [2.75, 3.05) is 33.3 Å². The Hall–Kier alpha value is -0.800. The lowest BCUT2D eigenvalue weighted by Gasteiger charge is -2.31. The van der Waals surface area contributed by atoms with Crippen LogP contribution in [0.5, 0.6) is 0 Å². The molecule has 0 amide bonds. The molecular weight excluding hydrogens is 236 g/mol. The van der Waals surface area contributed by atoms with E-state index in [2.05, 4.69) is 49.3 Å². The molecule has 3 heteroatoms. The van der Waals surface area contributed by atoms with E-state index >= 15 is 0 Å². The van der Waals surface area contributed by atoms with Gasteiger partial charge in [0.25, 0.3) is 0 Å². The lowest BCUT2D eigenvalue weighted by Crippen LogP contribution is -2.42. The Morgan fingerprint density at radius 3 is 2.68 bits per heavy atom. The molecule has 2 aliphatic rings. The summed E-state index contributed by atoms with van der Waals surface area (Å²) in [5.41, 5.74) is 0. The van der Waals surface area contributed by atoms with Gasteiger partial charge in [0.1, 0.15) is 12.4 Å². The number of nitrogens with one attached hydrogen (secondary N) is 1. The van der Waals surface area contributed by atoms with Crippen LogP contribution in [0.2, 0.25) is 0 Å². The maximum absolute atomic E-state index is 5.88. The normalized spacial score (nSPS) is 28.5. The van der Waals surface area contributed by atoms with Crippen molar-refractivity contribution in [2.24, 2.45) is 11.8 Å². The van der Waals surface area contributed by atoms with E-state index in [1.165, 1.54) is 12.8 Å². The van der Waals surface area contributed by atoms with Crippen molar-refractivity contribution in [3.8, 4) is 0 Å². The molecule has 108 valence electrons. The zero-order chi connectivity index (χ0) is 13.7. The molecule has 0 bridgehead atoms. The summed E-state index contributed by atoms with van der Waals surface area (Å²) >= 11 is 0. The first-order chi connectivity index (χ1) is 9.16. The quantitative estimate of drug-likeness (QED) is 0.825. The minimum Gasteiger partial charge on any atom is -0.493 e. The Balaban J connectivity index is 1.68. The number of nitrogens with zero attached hydrogens (tertiary/aromatic N) is 1. The largest absolute Gasteiger partial charge is 0.493 e. The van der Waals surface area contributed by atoms with Crippen LogP contribution in [-0.4, -0.2) is 44.2 Å². The van der Waals surface area contributed by atoms with Crippen molar-refractivity contribution < 1.29 is 4.74 Å². The van der Waals surface area contributed by atoms with Gasteiger partial charge in [-0.1, -0.05) is 19.9 Å². The highest BCUT2D eigenvalue weighted by molar-refractivity contribution is 5.19. The minimum absolute atomic E-state index is 0.585. The van der Waals surface area contributed by atoms with Gasteiger partial charge >= 0.3 is 0 Å². The highest BCUT2D eigenvalue weighted by Crippen LogP contribution is 2.22. The maximum Gasteiger partial charge on any atom is 0.115 e. The van der Waals surface area contributed by atoms with Gasteiger partial charge in [-0.3, -0.25) is 4.90 Å². The Morgan fingerprint density at radius 2 is 2.00 bits per heavy atom. The van der Waals surface area contributed by atoms with Crippen LogP contribution in [0.3, 0.4) is 0 Å². The van der Waals surface area contributed by atoms with E-state index in [0.29, 0.717) is 11.8 Å². The van der Waals surface area contributed by atoms with Gasteiger partial charge in [0.2, 0.25) is 0 Å². The summed E-state index contributed by atoms with van der Waals surface area (Å²) in [5, 5.41) is 3.41. The van der Waals surface area contributed by atoms with E-state index in [0.717, 1.165) is 38.0 Å². The lowest BCUT2D eigenvalue weighted by molar-refractivity contribution is 0.135. The van der Waals surface area contributed by atoms with Gasteiger partial charge in [-0.15, -0.1) is 0 Å². The fourth-order valence-electron chi connectivity index (χ4n) is 2.72. The molecule has 19 heavy (non-hydrogen) atoms. The second-order valence-corrected chi connectivity index (χ2v) is 5.96. The first-order valence-corrected chi connectivity index (χ1v) is 7.60. The third kappa shape index (κ3) is 4.36. The molecule has 0 aromatic carbocycles. The van der Waals surface area contributed by atoms with Crippen molar-refractivity contribution in [1.29, 1.82) is 0 Å². The summed E-state index contributed by atoms with van der Waals surface area (Å²) in [7, 11) is 2.22. The van der Waals surface area contributed by atoms with Crippen LogP contribution in [0, 0.1) is 11.8 Å². The number of rotatable bonds is 5. The van der Waals surface area contributed by atoms with Crippen LogP contribution in [0.1, 0.15) is 26.7 Å². The van der Waals surface area contributed by atoms with Crippen molar-refractivity contribution >= 4 is 0 Å². The second-order valence-electron chi connectivity index (χ2n) is 5.96. The van der Waals surface area contributed by atoms with Crippen LogP contribution in [0.25, 0.3) is 0 Å². The van der Waals surface area contributed by atoms with Gasteiger partial charge in [-0.05, 0) is 57.0 Å². The third-order valence-electron chi connectivity index (χ3n) is 4.47. The average molecular weight is 264 g/mol. The first kappa shape index (κ1) is 14.6. The van der Waals surface area contributed by atoms with Gasteiger partial charge in [0, 0.05) is 12.6 Å². The Kier molecular flexibility index (Phi) is 5.46. The molecule has 2 atom stereocenters. The smallest absolute Gasteiger partial charge is 0.115 e. The van der Waals surface area contributed by atoms with Crippen LogP contribution in [0.4, 0.5) is 0 Å². The molecule has 0 radical (unpaired) electrons. The molecule has 0 aromatic rings. The first-order valence-electron chi connectivity index (χ1n) is 7.60. The minimum atomic E-state index is 0.585. The predicted octanol–water partition coefficient (Wildman–Crippen LogP) is 2.41. The van der Waals surface area contributed by atoms with E-state index in [1.54, 1.807) is 0 Å². The number of hydrogen-bond donors (Lipinski definition) is 1. The summed E-state index contributed by atoms with van der Waals surface area (Å²) in [6.07, 6.45) is 9.13. The fourth-order valence-corrected chi connectivity index (χ4v) is 2.72. The highest BCUT2D eigenvalue weighted by atomic mass is 16.5. The average Bonchev–Trinajstić information content (AvgIpc) is 2.43. The molecule has 3 nitrogen and oxygen atoms in total. The molecule has 0 saturated carbocycles. The molecule has 1 aliphatic heterocycles. The van der Waals surface area contributed by atoms with Gasteiger partial charge in [0.05, 0.1) is 0 Å². The zero-order valence-corrected chi connectivity index (χ0v) is 12.6. The van der Waals surface area contributed by atoms with Crippen LogP contribution < -0.4 is 5.32 Å². The lowest BCUT2D eigenvalue weighted by atomic mass is 9.91. The molecule has 1 heterocycles. The molecule has 1 N–H and O–H groups in total. The summed E-state index contributed by atoms with van der Waals surface area (Å²) in [6.45, 7) is 8.60. The van der Waals surface area contributed by atoms with Crippen LogP contribution >= 0.6 is 0 Å². The molecule has 1 aliphatic carbocycles. The molecular formula is C16H28N2O. The molecule has 0 unspecified atom stereocenters. The van der Waals surface area contributed by atoms with E-state index in [-0.39, 0.29) is 0 Å².